The molecule has 0 amide bonds. The Morgan fingerprint density at radius 2 is 0.590 bits per heavy atom. The molecule has 4 aliphatic heterocycles. The minimum atomic E-state index is -10.7. The molecule has 6 bridgehead atoms. The Balaban J connectivity index is 0.000000241. The van der Waals surface area contributed by atoms with Crippen molar-refractivity contribution in [1.29, 1.82) is 0 Å². The molecule has 17 nitrogen and oxygen atoms in total. The van der Waals surface area contributed by atoms with E-state index in [1.807, 2.05) is 115 Å². The van der Waals surface area contributed by atoms with Gasteiger partial charge in [-0.15, -0.1) is 0 Å². The predicted octanol–water partition coefficient (Wildman–Crippen LogP) is 10.8. The fraction of sp³-hybridized carbons (Fsp3) is 0.407. The van der Waals surface area contributed by atoms with Crippen molar-refractivity contribution in [2.24, 2.45) is 0 Å². The normalized spacial score (nSPS) is 17.7. The molecule has 1 aromatic heterocycles. The Hall–Kier alpha value is -6.66. The van der Waals surface area contributed by atoms with Gasteiger partial charge in [0.1, 0.15) is 75.7 Å². The molecular formula is C59H75F6N4O13P. The second kappa shape index (κ2) is 35.5. The van der Waals surface area contributed by atoms with Crippen molar-refractivity contribution < 1.29 is 92.1 Å². The largest absolute Gasteiger partial charge is 0.491 e. The van der Waals surface area contributed by atoms with Crippen molar-refractivity contribution in [1.82, 2.24) is 4.98 Å². The molecule has 6 aromatic rings. The zero-order valence-corrected chi connectivity index (χ0v) is 47.2. The summed E-state index contributed by atoms with van der Waals surface area (Å²) in [6.45, 7) is 12.6. The number of benzene rings is 5. The van der Waals surface area contributed by atoms with Crippen LogP contribution in [-0.4, -0.2) is 137 Å². The molecule has 4 aliphatic rings. The molecule has 83 heavy (non-hydrogen) atoms. The number of halogens is 6. The summed E-state index contributed by atoms with van der Waals surface area (Å²) in [5.41, 5.74) is 6.22. The minimum absolute atomic E-state index is 0.417. The first-order valence-corrected chi connectivity index (χ1v) is 29.3. The molecule has 5 heterocycles. The van der Waals surface area contributed by atoms with Gasteiger partial charge in [0.05, 0.1) is 128 Å². The van der Waals surface area contributed by atoms with Gasteiger partial charge in [-0.2, -0.15) is 0 Å². The Kier molecular flexibility index (Phi) is 28.0. The Bertz CT molecular complexity index is 2550. The van der Waals surface area contributed by atoms with Crippen LogP contribution in [0.25, 0.3) is 0 Å². The second-order valence-electron chi connectivity index (χ2n) is 18.1. The number of ether oxygens (including phenoxy) is 13. The van der Waals surface area contributed by atoms with Crippen LogP contribution >= 0.6 is 7.81 Å². The number of nitrogens with two attached hydrogens (primary N) is 1. The molecule has 0 atom stereocenters. The molecule has 0 saturated carbocycles. The van der Waals surface area contributed by atoms with Crippen molar-refractivity contribution in [2.45, 2.75) is 26.2 Å². The van der Waals surface area contributed by atoms with E-state index in [9.17, 15) is 25.2 Å². The molecule has 5 aromatic carbocycles. The van der Waals surface area contributed by atoms with E-state index >= 15 is 0 Å². The van der Waals surface area contributed by atoms with Crippen molar-refractivity contribution >= 4 is 19.2 Å². The van der Waals surface area contributed by atoms with Crippen LogP contribution in [-0.2, 0) is 59.3 Å². The summed E-state index contributed by atoms with van der Waals surface area (Å²) in [7, 11) is -10.7. The fourth-order valence-corrected chi connectivity index (χ4v) is 7.58. The summed E-state index contributed by atoms with van der Waals surface area (Å²) in [6, 6.07) is 45.8. The van der Waals surface area contributed by atoms with Crippen LogP contribution in [0, 0.1) is 0 Å². The smallest absolute Gasteiger partial charge is 0.161 e. The molecule has 0 aliphatic carbocycles. The van der Waals surface area contributed by atoms with E-state index in [0.717, 1.165) is 58.9 Å². The Morgan fingerprint density at radius 1 is 0.313 bits per heavy atom. The first kappa shape index (κ1) is 65.5. The van der Waals surface area contributed by atoms with Gasteiger partial charge >= 0.3 is 33.0 Å². The summed E-state index contributed by atoms with van der Waals surface area (Å²) in [5.74, 6) is 4.60. The van der Waals surface area contributed by atoms with E-state index in [0.29, 0.717) is 157 Å². The molecule has 4 N–H and O–H groups in total. The molecule has 0 saturated heterocycles. The molecule has 456 valence electrons. The van der Waals surface area contributed by atoms with Gasteiger partial charge in [0.2, 0.25) is 0 Å². The monoisotopic (exact) mass is 1190 g/mol. The fourth-order valence-electron chi connectivity index (χ4n) is 7.58. The standard InChI is InChI=1S/C32H41NO8.C27H33N3O5.F6P/c1-2-4-32-31(3-1)40-23-19-36-15-13-34-17-21-38-29-9-5-27(6-10-29)25-33-26-28-7-11-30(12-8-28)39-22-18-35-14-16-37-20-24-41-32;1-3-10-26-24(8-1)28-20-22-6-5-7-23(30-22)21-29-25-9-2-4-11-27(25)35-19-17-33-15-13-31-12-14-32-16-18-34-26;1-7(2,3,4,5)6/h1-12,33H,13-26H2;1-11,28-29H,12-21H2;/q;;-1/p+1. The van der Waals surface area contributed by atoms with Gasteiger partial charge in [-0.05, 0) is 97.1 Å². The number of nitrogens with zero attached hydrogens (tertiary/aromatic N) is 1. The number of anilines is 2. The number of hydrogen-bond acceptors (Lipinski definition) is 16. The van der Waals surface area contributed by atoms with Crippen LogP contribution < -0.4 is 44.4 Å². The zero-order valence-electron chi connectivity index (χ0n) is 46.3. The zero-order chi connectivity index (χ0) is 58.6. The maximum absolute atomic E-state index is 10.7. The number of para-hydroxylation sites is 6. The summed E-state index contributed by atoms with van der Waals surface area (Å²) in [5, 5.41) is 9.15. The van der Waals surface area contributed by atoms with Crippen molar-refractivity contribution in [3.63, 3.8) is 0 Å². The van der Waals surface area contributed by atoms with E-state index in [-0.39, 0.29) is 0 Å². The van der Waals surface area contributed by atoms with Gasteiger partial charge in [-0.25, -0.2) is 0 Å². The molecule has 0 unspecified atom stereocenters. The van der Waals surface area contributed by atoms with Gasteiger partial charge in [-0.3, -0.25) is 4.98 Å². The average molecular weight is 1190 g/mol. The van der Waals surface area contributed by atoms with Crippen LogP contribution in [0.1, 0.15) is 22.5 Å². The van der Waals surface area contributed by atoms with E-state index in [1.165, 1.54) is 11.1 Å². The number of nitrogens with one attached hydrogen (secondary N) is 2. The third kappa shape index (κ3) is 31.0. The topological polar surface area (TPSA) is 174 Å². The Labute approximate surface area is 480 Å². The summed E-state index contributed by atoms with van der Waals surface area (Å²) in [4.78, 5) is 4.79. The number of fused-ring (bicyclic) bond motifs is 6. The number of pyridine rings is 1. The number of hydrogen-bond donors (Lipinski definition) is 3. The van der Waals surface area contributed by atoms with Crippen LogP contribution in [0.15, 0.2) is 140 Å². The number of rotatable bonds is 0. The quantitative estimate of drug-likeness (QED) is 0.0967. The van der Waals surface area contributed by atoms with Gasteiger partial charge in [-0.1, -0.05) is 42.5 Å². The van der Waals surface area contributed by atoms with E-state index < -0.39 is 7.81 Å². The minimum Gasteiger partial charge on any atom is -0.491 e. The maximum atomic E-state index is 9.87. The van der Waals surface area contributed by atoms with Crippen molar-refractivity contribution in [2.75, 3.05) is 143 Å². The molecule has 0 radical (unpaired) electrons. The van der Waals surface area contributed by atoms with E-state index in [4.69, 9.17) is 66.6 Å². The van der Waals surface area contributed by atoms with Gasteiger partial charge in [0.25, 0.3) is 0 Å². The van der Waals surface area contributed by atoms with E-state index in [1.54, 1.807) is 0 Å². The first-order valence-electron chi connectivity index (χ1n) is 27.3. The van der Waals surface area contributed by atoms with Crippen molar-refractivity contribution in [3.8, 4) is 34.5 Å². The molecule has 0 spiro atoms. The van der Waals surface area contributed by atoms with Gasteiger partial charge < -0.3 is 77.5 Å². The average Bonchev–Trinajstić information content (AvgIpc) is 3.51. The van der Waals surface area contributed by atoms with Crippen LogP contribution in [0.3, 0.4) is 0 Å². The first-order chi connectivity index (χ1) is 40.2. The predicted molar refractivity (Wildman–Crippen MR) is 303 cm³/mol. The van der Waals surface area contributed by atoms with Gasteiger partial charge in [0.15, 0.2) is 11.5 Å². The van der Waals surface area contributed by atoms with Crippen LogP contribution in [0.5, 0.6) is 34.5 Å². The summed E-state index contributed by atoms with van der Waals surface area (Å²) < 4.78 is 134. The second-order valence-corrected chi connectivity index (χ2v) is 20.0. The molecular weight excluding hydrogens is 1120 g/mol. The number of aromatic nitrogens is 1. The summed E-state index contributed by atoms with van der Waals surface area (Å²) >= 11 is 0. The van der Waals surface area contributed by atoms with Crippen molar-refractivity contribution in [3.05, 3.63) is 162 Å². The van der Waals surface area contributed by atoms with Gasteiger partial charge in [0, 0.05) is 11.1 Å². The molecule has 0 fully saturated rings. The third-order valence-electron chi connectivity index (χ3n) is 11.4. The van der Waals surface area contributed by atoms with Crippen LogP contribution in [0.4, 0.5) is 36.6 Å². The molecule has 10 rings (SSSR count). The maximum Gasteiger partial charge on any atom is 0.161 e. The summed E-state index contributed by atoms with van der Waals surface area (Å²) in [6.07, 6.45) is 0. The SMILES string of the molecule is F[P-](F)(F)(F)(F)F.c1cc2nc(c1)CNc1ccccc1OCCOCCOCCOCCOc1ccccc1NC2.c1ccc2c(c1)OCCOCCOCCOc1ccc(cc1)C[NH2+]Cc1ccc(cc1)OCCOCCOCCO2. The number of quaternary nitrogens is 1. The van der Waals surface area contributed by atoms with E-state index in [2.05, 4.69) is 40.2 Å². The molecule has 24 heteroatoms. The van der Waals surface area contributed by atoms with Crippen LogP contribution in [0.2, 0.25) is 0 Å². The third-order valence-corrected chi connectivity index (χ3v) is 11.4. The Morgan fingerprint density at radius 3 is 0.928 bits per heavy atom.